The van der Waals surface area contributed by atoms with E-state index >= 15 is 0 Å². The van der Waals surface area contributed by atoms with Crippen LogP contribution in [-0.2, 0) is 10.2 Å². The summed E-state index contributed by atoms with van der Waals surface area (Å²) in [5.41, 5.74) is 1.28. The van der Waals surface area contributed by atoms with Crippen molar-refractivity contribution in [2.75, 3.05) is 7.11 Å². The maximum atomic E-state index is 4.81. The average molecular weight is 192 g/mol. The van der Waals surface area contributed by atoms with Crippen LogP contribution in [0.15, 0.2) is 30.3 Å². The monoisotopic (exact) mass is 191 g/mol. The van der Waals surface area contributed by atoms with Crippen LogP contribution < -0.4 is 0 Å². The summed E-state index contributed by atoms with van der Waals surface area (Å²) in [5.74, 6) is 0.872. The van der Waals surface area contributed by atoms with Gasteiger partial charge in [-0.1, -0.05) is 30.3 Å². The highest BCUT2D eigenvalue weighted by atomic mass is 35.5. The minimum absolute atomic E-state index is 0. The fourth-order valence-electron chi connectivity index (χ4n) is 0.685. The van der Waals surface area contributed by atoms with E-state index in [2.05, 4.69) is 12.1 Å². The summed E-state index contributed by atoms with van der Waals surface area (Å²) in [4.78, 5) is 0. The molecular formula is C8H13ClOP+. The van der Waals surface area contributed by atoms with Crippen molar-refractivity contribution in [2.24, 2.45) is 0 Å². The predicted molar refractivity (Wildman–Crippen MR) is 48.3 cm³/mol. The third kappa shape index (κ3) is 4.36. The van der Waals surface area contributed by atoms with Crippen molar-refractivity contribution in [3.8, 4) is 0 Å². The predicted octanol–water partition coefficient (Wildman–Crippen LogP) is 1.89. The van der Waals surface area contributed by atoms with Gasteiger partial charge in [-0.2, -0.15) is 9.90 Å². The van der Waals surface area contributed by atoms with E-state index in [1.54, 1.807) is 7.11 Å². The summed E-state index contributed by atoms with van der Waals surface area (Å²) in [6, 6.07) is 10.2. The summed E-state index contributed by atoms with van der Waals surface area (Å²) in [6.07, 6.45) is 0. The van der Waals surface area contributed by atoms with Gasteiger partial charge in [0.15, 0.2) is 0 Å². The Hall–Kier alpha value is -0.100. The van der Waals surface area contributed by atoms with E-state index in [9.17, 15) is 0 Å². The number of rotatable bonds is 3. The zero-order valence-corrected chi connectivity index (χ0v) is 8.76. The third-order valence-electron chi connectivity index (χ3n) is 1.16. The van der Waals surface area contributed by atoms with Crippen molar-refractivity contribution < 1.29 is 15.3 Å². The molecule has 1 nitrogen and oxygen atoms in total. The molecule has 0 saturated carbocycles. The van der Waals surface area contributed by atoms with Crippen molar-refractivity contribution in [1.82, 2.24) is 0 Å². The maximum Gasteiger partial charge on any atom is 0.337 e. The first-order chi connectivity index (χ1) is 4.93. The Kier molecular flexibility index (Phi) is 6.54. The number of alkyl halides is 1. The second kappa shape index (κ2) is 6.60. The van der Waals surface area contributed by atoms with E-state index in [1.165, 1.54) is 5.56 Å². The third-order valence-corrected chi connectivity index (χ3v) is 1.80. The molecule has 0 fully saturated rings. The van der Waals surface area contributed by atoms with Crippen molar-refractivity contribution in [2.45, 2.75) is 5.88 Å². The van der Waals surface area contributed by atoms with Crippen LogP contribution >= 0.6 is 9.90 Å². The second-order valence-corrected chi connectivity index (χ2v) is 2.68. The summed E-state index contributed by atoms with van der Waals surface area (Å²) in [5, 5.41) is 0. The normalized spacial score (nSPS) is 8.82. The number of hydrogen-bond donors (Lipinski definition) is 0. The van der Waals surface area contributed by atoms with Crippen LogP contribution in [0.4, 0.5) is 0 Å². The summed E-state index contributed by atoms with van der Waals surface area (Å²) >= 11 is 1.90. The molecular weight excluding hydrogens is 179 g/mol. The molecule has 0 saturated heterocycles. The highest BCUT2D eigenvalue weighted by molar-refractivity contribution is 6.92. The van der Waals surface area contributed by atoms with Crippen LogP contribution in [0.1, 0.15) is 5.56 Å². The van der Waals surface area contributed by atoms with Gasteiger partial charge in [0.05, 0.1) is 0 Å². The molecule has 0 N–H and O–H groups in total. The van der Waals surface area contributed by atoms with E-state index in [-0.39, 0.29) is 9.90 Å². The lowest BCUT2D eigenvalue weighted by molar-refractivity contribution is -0.901. The molecule has 1 aromatic carbocycles. The SMILES string of the molecule is CO[Cl+]Cc1ccccc1.P. The Morgan fingerprint density at radius 1 is 1.27 bits per heavy atom. The van der Waals surface area contributed by atoms with Crippen LogP contribution in [0, 0.1) is 11.1 Å². The molecule has 1 unspecified atom stereocenters. The zero-order chi connectivity index (χ0) is 7.23. The highest BCUT2D eigenvalue weighted by Crippen LogP contribution is 1.99. The van der Waals surface area contributed by atoms with Gasteiger partial charge < -0.3 is 0 Å². The molecule has 0 amide bonds. The Bertz CT molecular complexity index is 179. The molecule has 0 aliphatic rings. The van der Waals surface area contributed by atoms with Gasteiger partial charge in [0.25, 0.3) is 0 Å². The van der Waals surface area contributed by atoms with Crippen molar-refractivity contribution in [3.63, 3.8) is 0 Å². The first kappa shape index (κ1) is 10.9. The molecule has 0 heterocycles. The van der Waals surface area contributed by atoms with Crippen LogP contribution in [0.25, 0.3) is 0 Å². The average Bonchev–Trinajstić information content (AvgIpc) is 2.03. The fourth-order valence-corrected chi connectivity index (χ4v) is 1.10. The lowest BCUT2D eigenvalue weighted by atomic mass is 10.2. The molecule has 0 aliphatic carbocycles. The zero-order valence-electron chi connectivity index (χ0n) is 6.59. The van der Waals surface area contributed by atoms with Gasteiger partial charge in [0.1, 0.15) is 7.11 Å². The van der Waals surface area contributed by atoms with Gasteiger partial charge in [-0.15, -0.1) is 4.29 Å². The van der Waals surface area contributed by atoms with E-state index < -0.39 is 0 Å². The summed E-state index contributed by atoms with van der Waals surface area (Å²) in [7, 11) is 1.66. The van der Waals surface area contributed by atoms with Crippen LogP contribution in [0.5, 0.6) is 0 Å². The van der Waals surface area contributed by atoms with Gasteiger partial charge in [-0.05, 0) is 0 Å². The smallest absolute Gasteiger partial charge is 0.153 e. The van der Waals surface area contributed by atoms with Crippen molar-refractivity contribution >= 4 is 9.90 Å². The molecule has 3 heteroatoms. The molecule has 1 rings (SSSR count). The van der Waals surface area contributed by atoms with E-state index in [4.69, 9.17) is 4.29 Å². The molecule has 0 aromatic heterocycles. The maximum absolute atomic E-state index is 4.81. The number of hydrogen-bond acceptors (Lipinski definition) is 1. The van der Waals surface area contributed by atoms with Gasteiger partial charge in [-0.25, -0.2) is 0 Å². The van der Waals surface area contributed by atoms with E-state index in [0.29, 0.717) is 0 Å². The summed E-state index contributed by atoms with van der Waals surface area (Å²) < 4.78 is 4.81. The fraction of sp³-hybridized carbons (Fsp3) is 0.250. The Balaban J connectivity index is 0.000001000. The van der Waals surface area contributed by atoms with Crippen LogP contribution in [0.2, 0.25) is 0 Å². The summed E-state index contributed by atoms with van der Waals surface area (Å²) in [6.45, 7) is 0. The van der Waals surface area contributed by atoms with Gasteiger partial charge in [0.2, 0.25) is 5.88 Å². The Morgan fingerprint density at radius 2 is 1.91 bits per heavy atom. The first-order valence-electron chi connectivity index (χ1n) is 3.09. The highest BCUT2D eigenvalue weighted by Gasteiger charge is 2.03. The minimum Gasteiger partial charge on any atom is -0.153 e. The van der Waals surface area contributed by atoms with Gasteiger partial charge in [0, 0.05) is 5.56 Å². The quantitative estimate of drug-likeness (QED) is 0.524. The first-order valence-corrected chi connectivity index (χ1v) is 3.94. The van der Waals surface area contributed by atoms with E-state index in [1.807, 2.05) is 29.3 Å². The van der Waals surface area contributed by atoms with Gasteiger partial charge in [-0.3, -0.25) is 0 Å². The second-order valence-electron chi connectivity index (χ2n) is 1.88. The molecule has 62 valence electrons. The van der Waals surface area contributed by atoms with Crippen molar-refractivity contribution in [3.05, 3.63) is 35.9 Å². The standard InChI is InChI=1S/C8H10ClO.H3P/c1-10-9-7-8-5-3-2-4-6-8;/h2-6H,7H2,1H3;1H3/q+1;. The number of benzene rings is 1. The minimum atomic E-state index is 0. The number of halogens is 1. The molecule has 11 heavy (non-hydrogen) atoms. The topological polar surface area (TPSA) is 9.23 Å². The largest absolute Gasteiger partial charge is 0.337 e. The lowest BCUT2D eigenvalue weighted by Gasteiger charge is -1.85. The van der Waals surface area contributed by atoms with Gasteiger partial charge >= 0.3 is 11.1 Å². The van der Waals surface area contributed by atoms with Crippen LogP contribution in [-0.4, -0.2) is 7.11 Å². The van der Waals surface area contributed by atoms with Crippen molar-refractivity contribution in [1.29, 1.82) is 0 Å². The molecule has 0 spiro atoms. The van der Waals surface area contributed by atoms with Crippen LogP contribution in [0.3, 0.4) is 0 Å². The molecule has 0 radical (unpaired) electrons. The Labute approximate surface area is 74.7 Å². The molecule has 0 aliphatic heterocycles. The molecule has 1 atom stereocenters. The molecule has 0 bridgehead atoms. The lowest BCUT2D eigenvalue weighted by Crippen LogP contribution is -1.87. The Morgan fingerprint density at radius 3 is 2.45 bits per heavy atom. The van der Waals surface area contributed by atoms with E-state index in [0.717, 1.165) is 5.88 Å². The molecule has 1 aromatic rings.